The Bertz CT molecular complexity index is 387. The van der Waals surface area contributed by atoms with Crippen molar-refractivity contribution in [3.63, 3.8) is 0 Å². The van der Waals surface area contributed by atoms with E-state index in [0.29, 0.717) is 5.88 Å². The minimum absolute atomic E-state index is 0.0734. The van der Waals surface area contributed by atoms with Crippen LogP contribution in [0.15, 0.2) is 18.2 Å². The highest BCUT2D eigenvalue weighted by Crippen LogP contribution is 2.41. The predicted molar refractivity (Wildman–Crippen MR) is 70.5 cm³/mol. The van der Waals surface area contributed by atoms with E-state index in [4.69, 9.17) is 32.7 Å². The van der Waals surface area contributed by atoms with Crippen LogP contribution in [-0.4, -0.2) is 26.2 Å². The summed E-state index contributed by atoms with van der Waals surface area (Å²) in [4.78, 5) is 0. The van der Waals surface area contributed by atoms with Crippen molar-refractivity contribution in [3.05, 3.63) is 28.8 Å². The van der Waals surface area contributed by atoms with Gasteiger partial charge in [-0.2, -0.15) is 0 Å². The van der Waals surface area contributed by atoms with Crippen LogP contribution in [0.4, 0.5) is 0 Å². The van der Waals surface area contributed by atoms with E-state index in [0.717, 1.165) is 42.4 Å². The molecule has 17 heavy (non-hydrogen) atoms. The molecule has 1 aromatic carbocycles. The van der Waals surface area contributed by atoms with Gasteiger partial charge in [0.05, 0.1) is 7.11 Å². The fraction of sp³-hybridized carbons (Fsp3) is 0.538. The number of methoxy groups -OCH3 is 1. The molecule has 2 rings (SSSR count). The molecular weight excluding hydrogens is 259 g/mol. The Morgan fingerprint density at radius 3 is 2.65 bits per heavy atom. The molecule has 1 heterocycles. The monoisotopic (exact) mass is 274 g/mol. The third-order valence-corrected chi connectivity index (χ3v) is 4.19. The van der Waals surface area contributed by atoms with E-state index in [1.807, 2.05) is 18.2 Å². The Labute approximate surface area is 112 Å². The number of hydrogen-bond acceptors (Lipinski definition) is 2. The Morgan fingerprint density at radius 2 is 2.06 bits per heavy atom. The molecule has 0 N–H and O–H groups in total. The van der Waals surface area contributed by atoms with E-state index in [1.165, 1.54) is 0 Å². The molecule has 0 aliphatic carbocycles. The van der Waals surface area contributed by atoms with Gasteiger partial charge in [0.2, 0.25) is 0 Å². The summed E-state index contributed by atoms with van der Waals surface area (Å²) >= 11 is 12.3. The highest BCUT2D eigenvalue weighted by molar-refractivity contribution is 6.30. The number of benzene rings is 1. The SMILES string of the molecule is COc1ccc(Cl)cc1C1(CCl)CCOCC1. The molecule has 1 aromatic rings. The van der Waals surface area contributed by atoms with Gasteiger partial charge in [-0.15, -0.1) is 11.6 Å². The summed E-state index contributed by atoms with van der Waals surface area (Å²) in [6.45, 7) is 1.48. The van der Waals surface area contributed by atoms with Gasteiger partial charge in [0.1, 0.15) is 5.75 Å². The summed E-state index contributed by atoms with van der Waals surface area (Å²) in [5.74, 6) is 1.42. The van der Waals surface area contributed by atoms with Crippen LogP contribution >= 0.6 is 23.2 Å². The molecule has 1 fully saturated rings. The van der Waals surface area contributed by atoms with Gasteiger partial charge in [-0.25, -0.2) is 0 Å². The number of rotatable bonds is 3. The van der Waals surface area contributed by atoms with Crippen LogP contribution < -0.4 is 4.74 Å². The van der Waals surface area contributed by atoms with Gasteiger partial charge < -0.3 is 9.47 Å². The summed E-state index contributed by atoms with van der Waals surface area (Å²) in [7, 11) is 1.67. The lowest BCUT2D eigenvalue weighted by Gasteiger charge is -2.36. The maximum absolute atomic E-state index is 6.20. The van der Waals surface area contributed by atoms with Crippen LogP contribution in [0.5, 0.6) is 5.75 Å². The third kappa shape index (κ3) is 2.54. The summed E-state index contributed by atoms with van der Waals surface area (Å²) in [5, 5.41) is 0.719. The second-order valence-corrected chi connectivity index (χ2v) is 5.07. The normalized spacial score (nSPS) is 19.0. The molecule has 0 atom stereocenters. The molecule has 0 bridgehead atoms. The lowest BCUT2D eigenvalue weighted by molar-refractivity contribution is 0.0568. The van der Waals surface area contributed by atoms with Crippen molar-refractivity contribution in [3.8, 4) is 5.75 Å². The number of hydrogen-bond donors (Lipinski definition) is 0. The number of ether oxygens (including phenoxy) is 2. The fourth-order valence-corrected chi connectivity index (χ4v) is 2.92. The fourth-order valence-electron chi connectivity index (χ4n) is 2.33. The standard InChI is InChI=1S/C13H16Cl2O2/c1-16-12-3-2-10(15)8-11(12)13(9-14)4-6-17-7-5-13/h2-3,8H,4-7,9H2,1H3. The highest BCUT2D eigenvalue weighted by atomic mass is 35.5. The van der Waals surface area contributed by atoms with Crippen molar-refractivity contribution in [1.82, 2.24) is 0 Å². The highest BCUT2D eigenvalue weighted by Gasteiger charge is 2.36. The van der Waals surface area contributed by atoms with Gasteiger partial charge in [-0.1, -0.05) is 11.6 Å². The van der Waals surface area contributed by atoms with Crippen LogP contribution in [0.2, 0.25) is 5.02 Å². The van der Waals surface area contributed by atoms with Crippen LogP contribution in [0, 0.1) is 0 Å². The van der Waals surface area contributed by atoms with E-state index in [9.17, 15) is 0 Å². The molecule has 0 saturated carbocycles. The average Bonchev–Trinajstić information content (AvgIpc) is 2.39. The van der Waals surface area contributed by atoms with Crippen molar-refractivity contribution >= 4 is 23.2 Å². The maximum atomic E-state index is 6.20. The second kappa shape index (κ2) is 5.47. The zero-order valence-electron chi connectivity index (χ0n) is 9.84. The number of halogens is 2. The van der Waals surface area contributed by atoms with Gasteiger partial charge >= 0.3 is 0 Å². The van der Waals surface area contributed by atoms with Gasteiger partial charge in [0.15, 0.2) is 0 Å². The molecule has 0 radical (unpaired) electrons. The summed E-state index contributed by atoms with van der Waals surface area (Å²) in [6.07, 6.45) is 1.82. The van der Waals surface area contributed by atoms with Gasteiger partial charge in [-0.3, -0.25) is 0 Å². The minimum atomic E-state index is -0.0734. The van der Waals surface area contributed by atoms with Gasteiger partial charge in [0, 0.05) is 35.1 Å². The van der Waals surface area contributed by atoms with E-state index >= 15 is 0 Å². The van der Waals surface area contributed by atoms with Crippen LogP contribution in [-0.2, 0) is 10.2 Å². The Balaban J connectivity index is 2.44. The van der Waals surface area contributed by atoms with Crippen LogP contribution in [0.25, 0.3) is 0 Å². The number of alkyl halides is 1. The lowest BCUT2D eigenvalue weighted by Crippen LogP contribution is -2.35. The topological polar surface area (TPSA) is 18.5 Å². The summed E-state index contributed by atoms with van der Waals surface area (Å²) in [5.41, 5.74) is 1.03. The van der Waals surface area contributed by atoms with E-state index in [-0.39, 0.29) is 5.41 Å². The molecule has 0 unspecified atom stereocenters. The average molecular weight is 275 g/mol. The molecule has 1 saturated heterocycles. The van der Waals surface area contributed by atoms with Crippen molar-refractivity contribution in [2.75, 3.05) is 26.2 Å². The predicted octanol–water partition coefficient (Wildman–Crippen LogP) is 3.64. The van der Waals surface area contributed by atoms with Crippen LogP contribution in [0.1, 0.15) is 18.4 Å². The maximum Gasteiger partial charge on any atom is 0.122 e. The van der Waals surface area contributed by atoms with Crippen molar-refractivity contribution in [2.24, 2.45) is 0 Å². The zero-order chi connectivity index (χ0) is 12.3. The minimum Gasteiger partial charge on any atom is -0.496 e. The third-order valence-electron chi connectivity index (χ3n) is 3.44. The molecule has 0 aromatic heterocycles. The first-order valence-corrected chi connectivity index (χ1v) is 6.61. The Morgan fingerprint density at radius 1 is 1.35 bits per heavy atom. The lowest BCUT2D eigenvalue weighted by atomic mass is 9.75. The quantitative estimate of drug-likeness (QED) is 0.784. The molecule has 2 nitrogen and oxygen atoms in total. The van der Waals surface area contributed by atoms with E-state index in [1.54, 1.807) is 7.11 Å². The molecule has 4 heteroatoms. The molecule has 94 valence electrons. The molecular formula is C13H16Cl2O2. The molecule has 1 aliphatic rings. The van der Waals surface area contributed by atoms with Gasteiger partial charge in [-0.05, 0) is 31.0 Å². The largest absolute Gasteiger partial charge is 0.496 e. The van der Waals surface area contributed by atoms with Crippen LogP contribution in [0.3, 0.4) is 0 Å². The van der Waals surface area contributed by atoms with Crippen molar-refractivity contribution < 1.29 is 9.47 Å². The van der Waals surface area contributed by atoms with Crippen molar-refractivity contribution in [1.29, 1.82) is 0 Å². The van der Waals surface area contributed by atoms with E-state index in [2.05, 4.69) is 0 Å². The first-order valence-electron chi connectivity index (χ1n) is 5.69. The molecule has 0 amide bonds. The first-order chi connectivity index (χ1) is 8.22. The molecule has 1 aliphatic heterocycles. The van der Waals surface area contributed by atoms with Crippen molar-refractivity contribution in [2.45, 2.75) is 18.3 Å². The Hall–Kier alpha value is -0.440. The van der Waals surface area contributed by atoms with Gasteiger partial charge in [0.25, 0.3) is 0 Å². The summed E-state index contributed by atoms with van der Waals surface area (Å²) < 4.78 is 10.8. The second-order valence-electron chi connectivity index (χ2n) is 4.37. The smallest absolute Gasteiger partial charge is 0.122 e. The molecule has 0 spiro atoms. The summed E-state index contributed by atoms with van der Waals surface area (Å²) in [6, 6.07) is 5.71. The zero-order valence-corrected chi connectivity index (χ0v) is 11.4. The van der Waals surface area contributed by atoms with E-state index < -0.39 is 0 Å². The Kier molecular flexibility index (Phi) is 4.18. The first kappa shape index (κ1) is 13.0.